The van der Waals surface area contributed by atoms with Crippen molar-refractivity contribution in [2.45, 2.75) is 39.7 Å². The molecule has 1 aliphatic rings. The van der Waals surface area contributed by atoms with Gasteiger partial charge in [0.25, 0.3) is 0 Å². The van der Waals surface area contributed by atoms with Crippen LogP contribution < -0.4 is 5.32 Å². The Labute approximate surface area is 131 Å². The highest BCUT2D eigenvalue weighted by Gasteiger charge is 2.36. The predicted octanol–water partition coefficient (Wildman–Crippen LogP) is 1.59. The Morgan fingerprint density at radius 3 is 2.64 bits per heavy atom. The van der Waals surface area contributed by atoms with E-state index in [-0.39, 0.29) is 18.0 Å². The van der Waals surface area contributed by atoms with Crippen LogP contribution in [0.4, 0.5) is 10.6 Å². The summed E-state index contributed by atoms with van der Waals surface area (Å²) < 4.78 is 1.63. The molecule has 1 saturated heterocycles. The first-order chi connectivity index (χ1) is 10.5. The Hall–Kier alpha value is -2.05. The zero-order chi connectivity index (χ0) is 16.3. The predicted molar refractivity (Wildman–Crippen MR) is 84.6 cm³/mol. The summed E-state index contributed by atoms with van der Waals surface area (Å²) in [5.41, 5.74) is 0.843. The fourth-order valence-electron chi connectivity index (χ4n) is 2.92. The maximum absolute atomic E-state index is 12.5. The summed E-state index contributed by atoms with van der Waals surface area (Å²) in [6, 6.07) is 1.23. The van der Waals surface area contributed by atoms with Gasteiger partial charge >= 0.3 is 6.03 Å². The number of hydrogen-bond acceptors (Lipinski definition) is 3. The van der Waals surface area contributed by atoms with Crippen LogP contribution in [0.2, 0.25) is 0 Å². The van der Waals surface area contributed by atoms with E-state index in [4.69, 9.17) is 0 Å². The highest BCUT2D eigenvalue weighted by atomic mass is 16.2. The van der Waals surface area contributed by atoms with E-state index >= 15 is 0 Å². The molecule has 0 bridgehead atoms. The number of carbonyl (C=O) groups excluding carboxylic acids is 2. The highest BCUT2D eigenvalue weighted by molar-refractivity contribution is 5.93. The number of urea groups is 1. The summed E-state index contributed by atoms with van der Waals surface area (Å²) in [6.07, 6.45) is 1.59. The molecule has 1 atom stereocenters. The van der Waals surface area contributed by atoms with Crippen molar-refractivity contribution in [2.75, 3.05) is 25.0 Å². The van der Waals surface area contributed by atoms with E-state index in [1.165, 1.54) is 0 Å². The van der Waals surface area contributed by atoms with E-state index in [1.54, 1.807) is 21.5 Å². The molecule has 1 N–H and O–H groups in total. The molecule has 1 fully saturated rings. The van der Waals surface area contributed by atoms with Crippen LogP contribution in [-0.4, -0.2) is 57.2 Å². The average Bonchev–Trinajstić information content (AvgIpc) is 3.07. The lowest BCUT2D eigenvalue weighted by Gasteiger charge is -2.29. The monoisotopic (exact) mass is 307 g/mol. The van der Waals surface area contributed by atoms with Crippen molar-refractivity contribution in [3.05, 3.63) is 11.8 Å². The molecule has 1 aromatic rings. The Bertz CT molecular complexity index is 550. The van der Waals surface area contributed by atoms with Crippen molar-refractivity contribution < 1.29 is 9.59 Å². The Morgan fingerprint density at radius 2 is 2.09 bits per heavy atom. The standard InChI is InChI=1S/C15H25N5O2/c1-5-19(6-2)14(21)12-8-7-9-20(12)15(22)16-13-10-11(3)17-18(13)4/h10,12H,5-9H2,1-4H3,(H,16,22)/t12-/m1/s1. The number of carbonyl (C=O) groups is 2. The molecule has 1 aliphatic heterocycles. The second-order valence-electron chi connectivity index (χ2n) is 5.59. The van der Waals surface area contributed by atoms with Crippen molar-refractivity contribution in [2.24, 2.45) is 7.05 Å². The van der Waals surface area contributed by atoms with E-state index in [0.29, 0.717) is 25.5 Å². The van der Waals surface area contributed by atoms with Crippen LogP contribution in [0.15, 0.2) is 6.07 Å². The normalized spacial score (nSPS) is 17.6. The number of amides is 3. The van der Waals surface area contributed by atoms with Gasteiger partial charge < -0.3 is 9.80 Å². The molecular formula is C15H25N5O2. The Morgan fingerprint density at radius 1 is 1.41 bits per heavy atom. The van der Waals surface area contributed by atoms with Crippen LogP contribution in [0.5, 0.6) is 0 Å². The summed E-state index contributed by atoms with van der Waals surface area (Å²) in [5.74, 6) is 0.683. The number of likely N-dealkylation sites (N-methyl/N-ethyl adjacent to an activating group) is 1. The first-order valence-corrected chi connectivity index (χ1v) is 7.85. The zero-order valence-electron chi connectivity index (χ0n) is 13.8. The maximum atomic E-state index is 12.5. The molecule has 2 heterocycles. The average molecular weight is 307 g/mol. The minimum atomic E-state index is -0.353. The number of aromatic nitrogens is 2. The fraction of sp³-hybridized carbons (Fsp3) is 0.667. The molecule has 0 aliphatic carbocycles. The van der Waals surface area contributed by atoms with Crippen molar-refractivity contribution in [1.29, 1.82) is 0 Å². The number of nitrogens with zero attached hydrogens (tertiary/aromatic N) is 4. The Balaban J connectivity index is 2.08. The van der Waals surface area contributed by atoms with Gasteiger partial charge in [0.1, 0.15) is 11.9 Å². The van der Waals surface area contributed by atoms with E-state index in [2.05, 4.69) is 10.4 Å². The minimum absolute atomic E-state index is 0.0406. The highest BCUT2D eigenvalue weighted by Crippen LogP contribution is 2.21. The first-order valence-electron chi connectivity index (χ1n) is 7.85. The molecule has 0 saturated carbocycles. The van der Waals surface area contributed by atoms with E-state index in [0.717, 1.165) is 18.5 Å². The second kappa shape index (κ2) is 6.81. The number of aryl methyl sites for hydroxylation is 2. The van der Waals surface area contributed by atoms with Crippen LogP contribution in [0, 0.1) is 6.92 Å². The molecule has 0 radical (unpaired) electrons. The van der Waals surface area contributed by atoms with Gasteiger partial charge in [0.05, 0.1) is 5.69 Å². The third-order valence-corrected chi connectivity index (χ3v) is 4.11. The SMILES string of the molecule is CCN(CC)C(=O)[C@H]1CCCN1C(=O)Nc1cc(C)nn1C. The fourth-order valence-corrected chi connectivity index (χ4v) is 2.92. The molecule has 1 aromatic heterocycles. The van der Waals surface area contributed by atoms with Gasteiger partial charge in [-0.1, -0.05) is 0 Å². The van der Waals surface area contributed by atoms with Gasteiger partial charge in [-0.05, 0) is 33.6 Å². The molecule has 122 valence electrons. The van der Waals surface area contributed by atoms with Gasteiger partial charge in [0.2, 0.25) is 5.91 Å². The Kier molecular flexibility index (Phi) is 5.05. The van der Waals surface area contributed by atoms with Gasteiger partial charge in [0.15, 0.2) is 0 Å². The van der Waals surface area contributed by atoms with Crippen molar-refractivity contribution in [3.8, 4) is 0 Å². The van der Waals surface area contributed by atoms with Crippen LogP contribution in [-0.2, 0) is 11.8 Å². The molecule has 3 amide bonds. The van der Waals surface area contributed by atoms with Gasteiger partial charge in [-0.25, -0.2) is 4.79 Å². The smallest absolute Gasteiger partial charge is 0.323 e. The number of nitrogens with one attached hydrogen (secondary N) is 1. The maximum Gasteiger partial charge on any atom is 0.323 e. The molecule has 0 aromatic carbocycles. The molecule has 0 unspecified atom stereocenters. The van der Waals surface area contributed by atoms with E-state index in [9.17, 15) is 9.59 Å². The van der Waals surface area contributed by atoms with Crippen LogP contribution in [0.3, 0.4) is 0 Å². The number of likely N-dealkylation sites (tertiary alicyclic amines) is 1. The summed E-state index contributed by atoms with van der Waals surface area (Å²) in [4.78, 5) is 28.5. The van der Waals surface area contributed by atoms with Crippen LogP contribution in [0.25, 0.3) is 0 Å². The summed E-state index contributed by atoms with van der Waals surface area (Å²) in [6.45, 7) is 7.74. The third-order valence-electron chi connectivity index (χ3n) is 4.11. The molecule has 0 spiro atoms. The number of hydrogen-bond donors (Lipinski definition) is 1. The first kappa shape index (κ1) is 16.3. The quantitative estimate of drug-likeness (QED) is 0.918. The van der Waals surface area contributed by atoms with E-state index in [1.807, 2.05) is 26.8 Å². The molecule has 2 rings (SSSR count). The van der Waals surface area contributed by atoms with Gasteiger partial charge in [0, 0.05) is 32.7 Å². The lowest BCUT2D eigenvalue weighted by Crippen LogP contribution is -2.49. The largest absolute Gasteiger partial charge is 0.341 e. The molecular weight excluding hydrogens is 282 g/mol. The van der Waals surface area contributed by atoms with Gasteiger partial charge in [-0.3, -0.25) is 14.8 Å². The van der Waals surface area contributed by atoms with Crippen molar-refractivity contribution in [3.63, 3.8) is 0 Å². The lowest BCUT2D eigenvalue weighted by molar-refractivity contribution is -0.134. The summed E-state index contributed by atoms with van der Waals surface area (Å²) >= 11 is 0. The number of rotatable bonds is 4. The summed E-state index contributed by atoms with van der Waals surface area (Å²) in [5, 5.41) is 7.06. The zero-order valence-corrected chi connectivity index (χ0v) is 13.8. The van der Waals surface area contributed by atoms with E-state index < -0.39 is 0 Å². The van der Waals surface area contributed by atoms with Crippen LogP contribution in [0.1, 0.15) is 32.4 Å². The lowest BCUT2D eigenvalue weighted by atomic mass is 10.2. The second-order valence-corrected chi connectivity index (χ2v) is 5.59. The van der Waals surface area contributed by atoms with Crippen molar-refractivity contribution in [1.82, 2.24) is 19.6 Å². The molecule has 7 heteroatoms. The minimum Gasteiger partial charge on any atom is -0.341 e. The summed E-state index contributed by atoms with van der Waals surface area (Å²) in [7, 11) is 1.78. The number of anilines is 1. The third kappa shape index (κ3) is 3.23. The molecule has 22 heavy (non-hydrogen) atoms. The van der Waals surface area contributed by atoms with Crippen molar-refractivity contribution >= 4 is 17.8 Å². The van der Waals surface area contributed by atoms with Gasteiger partial charge in [-0.2, -0.15) is 5.10 Å². The van der Waals surface area contributed by atoms with Gasteiger partial charge in [-0.15, -0.1) is 0 Å². The molecule has 7 nitrogen and oxygen atoms in total. The van der Waals surface area contributed by atoms with Crippen LogP contribution >= 0.6 is 0 Å². The topological polar surface area (TPSA) is 70.5 Å².